The number of hydrogen-bond acceptors (Lipinski definition) is 1. The SMILES string of the molecule is CNC(=O)c1cc(-c2ccccc2)cc(-c2ccccc2)[n+]1C(C)C. The number of rotatable bonds is 4. The van der Waals surface area contributed by atoms with Crippen LogP contribution < -0.4 is 9.88 Å². The Morgan fingerprint density at radius 2 is 1.40 bits per heavy atom. The topological polar surface area (TPSA) is 33.0 Å². The van der Waals surface area contributed by atoms with E-state index in [-0.39, 0.29) is 11.9 Å². The Labute approximate surface area is 149 Å². The molecule has 1 aromatic heterocycles. The Morgan fingerprint density at radius 3 is 1.92 bits per heavy atom. The molecule has 1 heterocycles. The fraction of sp³-hybridized carbons (Fsp3) is 0.182. The number of aromatic nitrogens is 1. The summed E-state index contributed by atoms with van der Waals surface area (Å²) in [6, 6.07) is 24.7. The zero-order chi connectivity index (χ0) is 17.8. The van der Waals surface area contributed by atoms with Crippen LogP contribution in [0.5, 0.6) is 0 Å². The Hall–Kier alpha value is -2.94. The molecule has 3 heteroatoms. The fourth-order valence-corrected chi connectivity index (χ4v) is 3.09. The summed E-state index contributed by atoms with van der Waals surface area (Å²) in [7, 11) is 1.67. The lowest BCUT2D eigenvalue weighted by Crippen LogP contribution is -2.46. The van der Waals surface area contributed by atoms with E-state index in [4.69, 9.17) is 0 Å². The molecule has 126 valence electrons. The first kappa shape index (κ1) is 16.9. The third-order valence-electron chi connectivity index (χ3n) is 4.26. The molecule has 0 radical (unpaired) electrons. The molecule has 0 aliphatic carbocycles. The van der Waals surface area contributed by atoms with Crippen molar-refractivity contribution in [2.75, 3.05) is 7.05 Å². The van der Waals surface area contributed by atoms with E-state index < -0.39 is 0 Å². The Balaban J connectivity index is 2.32. The largest absolute Gasteiger partial charge is 0.350 e. The zero-order valence-electron chi connectivity index (χ0n) is 14.9. The summed E-state index contributed by atoms with van der Waals surface area (Å²) in [5.74, 6) is -0.0799. The summed E-state index contributed by atoms with van der Waals surface area (Å²) in [5, 5.41) is 2.77. The third kappa shape index (κ3) is 3.45. The van der Waals surface area contributed by atoms with Crippen molar-refractivity contribution >= 4 is 5.91 Å². The molecule has 0 aliphatic rings. The molecular formula is C22H23N2O+. The van der Waals surface area contributed by atoms with E-state index in [1.165, 1.54) is 0 Å². The van der Waals surface area contributed by atoms with E-state index in [2.05, 4.69) is 54.1 Å². The molecule has 1 amide bonds. The van der Waals surface area contributed by atoms with Gasteiger partial charge in [0.25, 0.3) is 5.69 Å². The predicted molar refractivity (Wildman–Crippen MR) is 101 cm³/mol. The van der Waals surface area contributed by atoms with Crippen LogP contribution in [-0.4, -0.2) is 13.0 Å². The fourth-order valence-electron chi connectivity index (χ4n) is 3.09. The number of amides is 1. The molecule has 0 fully saturated rings. The van der Waals surface area contributed by atoms with Crippen LogP contribution in [0.2, 0.25) is 0 Å². The molecule has 0 spiro atoms. The van der Waals surface area contributed by atoms with Crippen LogP contribution in [0.1, 0.15) is 30.4 Å². The average Bonchev–Trinajstić information content (AvgIpc) is 2.67. The highest BCUT2D eigenvalue weighted by atomic mass is 16.1. The first-order chi connectivity index (χ1) is 12.1. The number of pyridine rings is 1. The van der Waals surface area contributed by atoms with Crippen LogP contribution in [0.25, 0.3) is 22.4 Å². The quantitative estimate of drug-likeness (QED) is 0.712. The summed E-state index contributed by atoms with van der Waals surface area (Å²) < 4.78 is 2.10. The summed E-state index contributed by atoms with van der Waals surface area (Å²) >= 11 is 0. The standard InChI is InChI=1S/C22H22N2O/c1-16(2)24-20(18-12-8-5-9-13-18)14-19(15-21(24)22(25)23-3)17-10-6-4-7-11-17/h4-16H,1-3H3/p+1. The average molecular weight is 331 g/mol. The number of carbonyl (C=O) groups is 1. The van der Waals surface area contributed by atoms with Crippen LogP contribution in [0.4, 0.5) is 0 Å². The van der Waals surface area contributed by atoms with Crippen molar-refractivity contribution in [3.63, 3.8) is 0 Å². The summed E-state index contributed by atoms with van der Waals surface area (Å²) in [5.41, 5.74) is 4.93. The van der Waals surface area contributed by atoms with Crippen LogP contribution >= 0.6 is 0 Å². The first-order valence-corrected chi connectivity index (χ1v) is 8.54. The van der Waals surface area contributed by atoms with Crippen molar-refractivity contribution < 1.29 is 9.36 Å². The van der Waals surface area contributed by atoms with Crippen LogP contribution in [0.3, 0.4) is 0 Å². The molecule has 0 saturated carbocycles. The van der Waals surface area contributed by atoms with Gasteiger partial charge in [-0.1, -0.05) is 48.5 Å². The van der Waals surface area contributed by atoms with Gasteiger partial charge in [-0.05, 0) is 37.1 Å². The van der Waals surface area contributed by atoms with E-state index >= 15 is 0 Å². The minimum atomic E-state index is -0.0799. The van der Waals surface area contributed by atoms with Gasteiger partial charge in [-0.15, -0.1) is 0 Å². The van der Waals surface area contributed by atoms with E-state index in [1.54, 1.807) is 7.05 Å². The van der Waals surface area contributed by atoms with Crippen LogP contribution in [0.15, 0.2) is 72.8 Å². The van der Waals surface area contributed by atoms with Gasteiger partial charge in [0.15, 0.2) is 6.04 Å². The maximum Gasteiger partial charge on any atom is 0.315 e. The number of nitrogens with zero attached hydrogens (tertiary/aromatic N) is 1. The molecule has 0 unspecified atom stereocenters. The second-order valence-corrected chi connectivity index (χ2v) is 6.29. The second kappa shape index (κ2) is 7.31. The minimum absolute atomic E-state index is 0.0799. The molecule has 25 heavy (non-hydrogen) atoms. The Bertz CT molecular complexity index is 871. The number of carbonyl (C=O) groups excluding carboxylic acids is 1. The van der Waals surface area contributed by atoms with Gasteiger partial charge in [-0.2, -0.15) is 4.57 Å². The highest BCUT2D eigenvalue weighted by Gasteiger charge is 2.27. The van der Waals surface area contributed by atoms with Crippen molar-refractivity contribution in [3.8, 4) is 22.4 Å². The van der Waals surface area contributed by atoms with Crippen molar-refractivity contribution in [2.45, 2.75) is 19.9 Å². The molecular weight excluding hydrogens is 308 g/mol. The van der Waals surface area contributed by atoms with Gasteiger partial charge in [0.2, 0.25) is 5.69 Å². The molecule has 0 bridgehead atoms. The van der Waals surface area contributed by atoms with Gasteiger partial charge in [-0.25, -0.2) is 0 Å². The van der Waals surface area contributed by atoms with Gasteiger partial charge >= 0.3 is 5.91 Å². The van der Waals surface area contributed by atoms with Gasteiger partial charge in [0.05, 0.1) is 0 Å². The Kier molecular flexibility index (Phi) is 4.94. The maximum absolute atomic E-state index is 12.6. The lowest BCUT2D eigenvalue weighted by Gasteiger charge is -2.14. The highest BCUT2D eigenvalue weighted by molar-refractivity contribution is 5.92. The lowest BCUT2D eigenvalue weighted by atomic mass is 10.0. The summed E-state index contributed by atoms with van der Waals surface area (Å²) in [6.07, 6.45) is 0. The zero-order valence-corrected chi connectivity index (χ0v) is 14.9. The lowest BCUT2D eigenvalue weighted by molar-refractivity contribution is -0.707. The summed E-state index contributed by atoms with van der Waals surface area (Å²) in [4.78, 5) is 12.6. The van der Waals surface area contributed by atoms with Crippen molar-refractivity contribution in [1.82, 2.24) is 5.32 Å². The van der Waals surface area contributed by atoms with Crippen molar-refractivity contribution in [2.24, 2.45) is 0 Å². The number of hydrogen-bond donors (Lipinski definition) is 1. The molecule has 0 aliphatic heterocycles. The maximum atomic E-state index is 12.6. The monoisotopic (exact) mass is 331 g/mol. The van der Waals surface area contributed by atoms with E-state index in [0.717, 1.165) is 22.4 Å². The Morgan fingerprint density at radius 1 is 0.840 bits per heavy atom. The molecule has 0 saturated heterocycles. The third-order valence-corrected chi connectivity index (χ3v) is 4.26. The summed E-state index contributed by atoms with van der Waals surface area (Å²) in [6.45, 7) is 4.20. The van der Waals surface area contributed by atoms with Crippen LogP contribution in [0, 0.1) is 0 Å². The van der Waals surface area contributed by atoms with Gasteiger partial charge in [-0.3, -0.25) is 4.79 Å². The molecule has 0 atom stereocenters. The van der Waals surface area contributed by atoms with E-state index in [9.17, 15) is 4.79 Å². The van der Waals surface area contributed by atoms with E-state index in [0.29, 0.717) is 5.69 Å². The molecule has 2 aromatic carbocycles. The van der Waals surface area contributed by atoms with Gasteiger partial charge in [0, 0.05) is 24.7 Å². The van der Waals surface area contributed by atoms with Crippen molar-refractivity contribution in [3.05, 3.63) is 78.5 Å². The smallest absolute Gasteiger partial charge is 0.315 e. The molecule has 3 nitrogen and oxygen atoms in total. The minimum Gasteiger partial charge on any atom is -0.350 e. The van der Waals surface area contributed by atoms with Gasteiger partial charge in [0.1, 0.15) is 0 Å². The van der Waals surface area contributed by atoms with Crippen LogP contribution in [-0.2, 0) is 0 Å². The van der Waals surface area contributed by atoms with Crippen molar-refractivity contribution in [1.29, 1.82) is 0 Å². The first-order valence-electron chi connectivity index (χ1n) is 8.54. The van der Waals surface area contributed by atoms with Gasteiger partial charge < -0.3 is 5.32 Å². The molecule has 1 N–H and O–H groups in total. The second-order valence-electron chi connectivity index (χ2n) is 6.29. The predicted octanol–water partition coefficient (Wildman–Crippen LogP) is 4.25. The van der Waals surface area contributed by atoms with E-state index in [1.807, 2.05) is 42.5 Å². The number of benzene rings is 2. The molecule has 3 rings (SSSR count). The normalized spacial score (nSPS) is 10.7. The molecule has 3 aromatic rings. The highest BCUT2D eigenvalue weighted by Crippen LogP contribution is 2.26. The number of nitrogens with one attached hydrogen (secondary N) is 1.